The zero-order valence-corrected chi connectivity index (χ0v) is 9.92. The summed E-state index contributed by atoms with van der Waals surface area (Å²) in [6.45, 7) is 3.47. The number of aryl methyl sites for hydroxylation is 1. The SMILES string of the molecule is CCC(N)c1nccn1C.C[C@H](N)C(=O)O. The summed E-state index contributed by atoms with van der Waals surface area (Å²) in [7, 11) is 1.96. The fourth-order valence-corrected chi connectivity index (χ4v) is 0.917. The first-order valence-electron chi connectivity index (χ1n) is 5.11. The van der Waals surface area contributed by atoms with E-state index in [0.717, 1.165) is 12.2 Å². The van der Waals surface area contributed by atoms with Crippen LogP contribution in [-0.4, -0.2) is 26.7 Å². The lowest BCUT2D eigenvalue weighted by Crippen LogP contribution is -2.25. The molecule has 6 nitrogen and oxygen atoms in total. The van der Waals surface area contributed by atoms with Gasteiger partial charge in [0.2, 0.25) is 0 Å². The second-order valence-corrected chi connectivity index (χ2v) is 3.54. The standard InChI is InChI=1S/C7H13N3.C3H7NO2/c1-3-6(8)7-9-4-5-10(7)2;1-2(4)3(5)6/h4-6H,3,8H2,1-2H3;2H,4H2,1H3,(H,5,6)/t;2-/m.0/s1. The van der Waals surface area contributed by atoms with Crippen LogP contribution in [0.3, 0.4) is 0 Å². The second-order valence-electron chi connectivity index (χ2n) is 3.54. The van der Waals surface area contributed by atoms with E-state index in [0.29, 0.717) is 0 Å². The monoisotopic (exact) mass is 228 g/mol. The van der Waals surface area contributed by atoms with E-state index in [1.165, 1.54) is 6.92 Å². The van der Waals surface area contributed by atoms with Gasteiger partial charge in [0.05, 0.1) is 6.04 Å². The van der Waals surface area contributed by atoms with Crippen LogP contribution in [0.15, 0.2) is 12.4 Å². The summed E-state index contributed by atoms with van der Waals surface area (Å²) in [5, 5.41) is 7.87. The molecule has 1 heterocycles. The van der Waals surface area contributed by atoms with Crippen LogP contribution in [0.5, 0.6) is 0 Å². The molecule has 6 heteroatoms. The van der Waals surface area contributed by atoms with Gasteiger partial charge in [0.25, 0.3) is 0 Å². The fraction of sp³-hybridized carbons (Fsp3) is 0.600. The number of imidazole rings is 1. The average molecular weight is 228 g/mol. The Kier molecular flexibility index (Phi) is 6.36. The highest BCUT2D eigenvalue weighted by Crippen LogP contribution is 2.08. The predicted molar refractivity (Wildman–Crippen MR) is 61.7 cm³/mol. The Morgan fingerprint density at radius 3 is 2.38 bits per heavy atom. The molecule has 0 aliphatic carbocycles. The minimum atomic E-state index is -0.963. The van der Waals surface area contributed by atoms with Gasteiger partial charge in [-0.1, -0.05) is 6.92 Å². The Labute approximate surface area is 95.3 Å². The van der Waals surface area contributed by atoms with E-state index in [1.807, 2.05) is 17.8 Å². The van der Waals surface area contributed by atoms with Gasteiger partial charge in [-0.15, -0.1) is 0 Å². The third-order valence-electron chi connectivity index (χ3n) is 2.02. The molecule has 1 rings (SSSR count). The maximum atomic E-state index is 9.57. The smallest absolute Gasteiger partial charge is 0.320 e. The van der Waals surface area contributed by atoms with Crippen LogP contribution < -0.4 is 11.5 Å². The largest absolute Gasteiger partial charge is 0.480 e. The van der Waals surface area contributed by atoms with Crippen molar-refractivity contribution in [2.24, 2.45) is 18.5 Å². The van der Waals surface area contributed by atoms with Gasteiger partial charge < -0.3 is 21.1 Å². The first-order valence-corrected chi connectivity index (χ1v) is 5.11. The number of aliphatic carboxylic acids is 1. The summed E-state index contributed by atoms with van der Waals surface area (Å²) in [6.07, 6.45) is 4.61. The molecule has 92 valence electrons. The normalized spacial score (nSPS) is 13.6. The van der Waals surface area contributed by atoms with Gasteiger partial charge in [0.1, 0.15) is 11.9 Å². The number of hydrogen-bond donors (Lipinski definition) is 3. The number of carboxylic acid groups (broad SMARTS) is 1. The summed E-state index contributed by atoms with van der Waals surface area (Å²) < 4.78 is 1.95. The molecular weight excluding hydrogens is 208 g/mol. The van der Waals surface area contributed by atoms with Gasteiger partial charge in [0, 0.05) is 19.4 Å². The average Bonchev–Trinajstić information content (AvgIpc) is 2.64. The molecule has 0 saturated heterocycles. The van der Waals surface area contributed by atoms with Crippen molar-refractivity contribution >= 4 is 5.97 Å². The molecule has 0 bridgehead atoms. The van der Waals surface area contributed by atoms with Crippen LogP contribution in [0.4, 0.5) is 0 Å². The molecule has 0 fully saturated rings. The molecule has 5 N–H and O–H groups in total. The maximum Gasteiger partial charge on any atom is 0.320 e. The van der Waals surface area contributed by atoms with Crippen molar-refractivity contribution in [2.45, 2.75) is 32.4 Å². The minimum absolute atomic E-state index is 0.0833. The van der Waals surface area contributed by atoms with Crippen molar-refractivity contribution in [2.75, 3.05) is 0 Å². The zero-order chi connectivity index (χ0) is 12.7. The Morgan fingerprint density at radius 2 is 2.12 bits per heavy atom. The van der Waals surface area contributed by atoms with E-state index in [4.69, 9.17) is 16.6 Å². The van der Waals surface area contributed by atoms with Gasteiger partial charge in [-0.05, 0) is 13.3 Å². The number of nitrogens with two attached hydrogens (primary N) is 2. The molecule has 0 aliphatic rings. The number of nitrogens with zero attached hydrogens (tertiary/aromatic N) is 2. The van der Waals surface area contributed by atoms with Crippen LogP contribution in [0.1, 0.15) is 32.1 Å². The van der Waals surface area contributed by atoms with Crippen LogP contribution in [0, 0.1) is 0 Å². The number of carboxylic acids is 1. The van der Waals surface area contributed by atoms with Crippen LogP contribution in [0.2, 0.25) is 0 Å². The van der Waals surface area contributed by atoms with Crippen molar-refractivity contribution in [3.05, 3.63) is 18.2 Å². The highest BCUT2D eigenvalue weighted by molar-refractivity contribution is 5.72. The molecule has 1 unspecified atom stereocenters. The van der Waals surface area contributed by atoms with Gasteiger partial charge in [-0.25, -0.2) is 4.98 Å². The number of hydrogen-bond acceptors (Lipinski definition) is 4. The molecule has 0 radical (unpaired) electrons. The molecule has 0 aromatic carbocycles. The van der Waals surface area contributed by atoms with Crippen LogP contribution >= 0.6 is 0 Å². The lowest BCUT2D eigenvalue weighted by atomic mass is 10.2. The Hall–Kier alpha value is -1.40. The number of rotatable bonds is 3. The Balaban J connectivity index is 0.000000325. The summed E-state index contributed by atoms with van der Waals surface area (Å²) in [5.41, 5.74) is 10.6. The maximum absolute atomic E-state index is 9.57. The highest BCUT2D eigenvalue weighted by Gasteiger charge is 2.06. The zero-order valence-electron chi connectivity index (χ0n) is 9.92. The van der Waals surface area contributed by atoms with Crippen LogP contribution in [-0.2, 0) is 11.8 Å². The van der Waals surface area contributed by atoms with E-state index >= 15 is 0 Å². The molecule has 0 spiro atoms. The number of aromatic nitrogens is 2. The fourth-order valence-electron chi connectivity index (χ4n) is 0.917. The van der Waals surface area contributed by atoms with E-state index in [2.05, 4.69) is 11.9 Å². The van der Waals surface area contributed by atoms with Gasteiger partial charge in [0.15, 0.2) is 0 Å². The summed E-state index contributed by atoms with van der Waals surface area (Å²) in [5.74, 6) is -0.00231. The second kappa shape index (κ2) is 6.97. The molecule has 16 heavy (non-hydrogen) atoms. The molecule has 2 atom stereocenters. The van der Waals surface area contributed by atoms with E-state index in [-0.39, 0.29) is 6.04 Å². The Morgan fingerprint density at radius 1 is 1.62 bits per heavy atom. The summed E-state index contributed by atoms with van der Waals surface area (Å²) in [6, 6.07) is -0.648. The molecular formula is C10H20N4O2. The quantitative estimate of drug-likeness (QED) is 0.687. The first kappa shape index (κ1) is 14.6. The minimum Gasteiger partial charge on any atom is -0.480 e. The van der Waals surface area contributed by atoms with E-state index < -0.39 is 12.0 Å². The molecule has 0 saturated carbocycles. The van der Waals surface area contributed by atoms with Gasteiger partial charge >= 0.3 is 5.97 Å². The predicted octanol–water partition coefficient (Wildman–Crippen LogP) is 0.248. The lowest BCUT2D eigenvalue weighted by molar-refractivity contribution is -0.138. The first-order chi connectivity index (χ1) is 7.40. The van der Waals surface area contributed by atoms with Crippen LogP contribution in [0.25, 0.3) is 0 Å². The van der Waals surface area contributed by atoms with Crippen molar-refractivity contribution in [3.8, 4) is 0 Å². The molecule has 1 aromatic heterocycles. The summed E-state index contributed by atoms with van der Waals surface area (Å²) in [4.78, 5) is 13.7. The van der Waals surface area contributed by atoms with Crippen molar-refractivity contribution in [1.82, 2.24) is 9.55 Å². The van der Waals surface area contributed by atoms with Crippen molar-refractivity contribution in [3.63, 3.8) is 0 Å². The third kappa shape index (κ3) is 4.90. The third-order valence-corrected chi connectivity index (χ3v) is 2.02. The summed E-state index contributed by atoms with van der Waals surface area (Å²) >= 11 is 0. The highest BCUT2D eigenvalue weighted by atomic mass is 16.4. The molecule has 0 aliphatic heterocycles. The van der Waals surface area contributed by atoms with Crippen molar-refractivity contribution in [1.29, 1.82) is 0 Å². The Bertz CT molecular complexity index is 322. The van der Waals surface area contributed by atoms with E-state index in [1.54, 1.807) is 6.20 Å². The van der Waals surface area contributed by atoms with Gasteiger partial charge in [-0.2, -0.15) is 0 Å². The molecule has 1 aromatic rings. The van der Waals surface area contributed by atoms with Gasteiger partial charge in [-0.3, -0.25) is 4.79 Å². The lowest BCUT2D eigenvalue weighted by Gasteiger charge is -2.07. The van der Waals surface area contributed by atoms with E-state index in [9.17, 15) is 4.79 Å². The number of carbonyl (C=O) groups is 1. The topological polar surface area (TPSA) is 107 Å². The van der Waals surface area contributed by atoms with Crippen molar-refractivity contribution < 1.29 is 9.90 Å². The molecule has 0 amide bonds.